The minimum Gasteiger partial charge on any atom is -0.466 e. The Morgan fingerprint density at radius 3 is 2.38 bits per heavy atom. The largest absolute Gasteiger partial charge is 0.466 e. The normalized spacial score (nSPS) is 18.9. The number of pyridine rings is 1. The fourth-order valence-corrected chi connectivity index (χ4v) is 5.72. The van der Waals surface area contributed by atoms with Crippen LogP contribution in [0.5, 0.6) is 0 Å². The fourth-order valence-electron chi connectivity index (χ4n) is 4.69. The third-order valence-electron chi connectivity index (χ3n) is 6.77. The van der Waals surface area contributed by atoms with Crippen LogP contribution in [0.4, 0.5) is 13.2 Å². The van der Waals surface area contributed by atoms with Gasteiger partial charge in [-0.15, -0.1) is 0 Å². The average molecular weight is 694 g/mol. The van der Waals surface area contributed by atoms with Crippen LogP contribution in [-0.4, -0.2) is 57.9 Å². The Morgan fingerprint density at radius 2 is 1.83 bits per heavy atom. The molecule has 1 saturated carbocycles. The van der Waals surface area contributed by atoms with Crippen molar-refractivity contribution in [2.24, 2.45) is 16.6 Å². The summed E-state index contributed by atoms with van der Waals surface area (Å²) in [6, 6.07) is 6.04. The number of halogens is 6. The maximum atomic E-state index is 14.4. The van der Waals surface area contributed by atoms with Crippen molar-refractivity contribution >= 4 is 56.7 Å². The van der Waals surface area contributed by atoms with Gasteiger partial charge in [-0.05, 0) is 44.2 Å². The number of amides is 1. The van der Waals surface area contributed by atoms with Crippen LogP contribution < -0.4 is 5.73 Å². The van der Waals surface area contributed by atoms with E-state index in [-0.39, 0.29) is 47.6 Å². The molecule has 1 atom stereocenters. The molecule has 0 spiro atoms. The van der Waals surface area contributed by atoms with Crippen molar-refractivity contribution in [1.82, 2.24) is 9.88 Å². The van der Waals surface area contributed by atoms with Crippen LogP contribution in [0, 0.1) is 5.92 Å². The summed E-state index contributed by atoms with van der Waals surface area (Å²) in [6.45, 7) is 1.23. The zero-order chi connectivity index (χ0) is 31.0. The van der Waals surface area contributed by atoms with Crippen molar-refractivity contribution in [2.45, 2.75) is 57.5 Å². The standard InChI is InChI=1S/C28H30BrCl2F3N4O4/c1-2-42-27(41)16-7-9-18(10-8-16)37-25(28(32,33)34)19(11-35)26(40)38(14-17-5-3-4-6-20(17)29)15-23(39)24-21(30)12-36-13-22(24)31/h3-6,11-13,16,18,23,39H,2,7-10,14-15,35H2,1H3. The van der Waals surface area contributed by atoms with E-state index in [1.54, 1.807) is 31.2 Å². The fraction of sp³-hybridized carbons (Fsp3) is 0.429. The number of nitrogens with two attached hydrogens (primary N) is 1. The molecular formula is C28H30BrCl2F3N4O4. The zero-order valence-corrected chi connectivity index (χ0v) is 25.7. The van der Waals surface area contributed by atoms with Crippen LogP contribution in [0.1, 0.15) is 49.8 Å². The zero-order valence-electron chi connectivity index (χ0n) is 22.6. The molecule has 42 heavy (non-hydrogen) atoms. The molecule has 0 bridgehead atoms. The number of esters is 1. The number of ether oxygens (including phenoxy) is 1. The van der Waals surface area contributed by atoms with Crippen molar-refractivity contribution in [1.29, 1.82) is 0 Å². The average Bonchev–Trinajstić information content (AvgIpc) is 2.93. The lowest BCUT2D eigenvalue weighted by Gasteiger charge is -2.29. The molecule has 1 aromatic carbocycles. The van der Waals surface area contributed by atoms with Gasteiger partial charge in [-0.2, -0.15) is 13.2 Å². The summed E-state index contributed by atoms with van der Waals surface area (Å²) in [7, 11) is 0. The Morgan fingerprint density at radius 1 is 1.21 bits per heavy atom. The van der Waals surface area contributed by atoms with E-state index >= 15 is 0 Å². The van der Waals surface area contributed by atoms with Crippen LogP contribution in [-0.2, 0) is 20.9 Å². The Balaban J connectivity index is 1.95. The van der Waals surface area contributed by atoms with Gasteiger partial charge in [0.15, 0.2) is 5.71 Å². The van der Waals surface area contributed by atoms with Crippen LogP contribution in [0.3, 0.4) is 0 Å². The molecule has 3 N–H and O–H groups in total. The maximum absolute atomic E-state index is 14.4. The van der Waals surface area contributed by atoms with Gasteiger partial charge in [0.05, 0.1) is 46.8 Å². The van der Waals surface area contributed by atoms with E-state index < -0.39 is 48.0 Å². The van der Waals surface area contributed by atoms with Crippen LogP contribution >= 0.6 is 39.1 Å². The molecule has 1 aromatic heterocycles. The summed E-state index contributed by atoms with van der Waals surface area (Å²) < 4.78 is 48.8. The third-order valence-corrected chi connectivity index (χ3v) is 8.15. The number of rotatable bonds is 10. The Labute approximate surface area is 259 Å². The molecule has 1 aliphatic carbocycles. The van der Waals surface area contributed by atoms with Gasteiger partial charge in [0.2, 0.25) is 0 Å². The van der Waals surface area contributed by atoms with Gasteiger partial charge in [0, 0.05) is 35.2 Å². The third kappa shape index (κ3) is 8.68. The van der Waals surface area contributed by atoms with Gasteiger partial charge >= 0.3 is 12.1 Å². The summed E-state index contributed by atoms with van der Waals surface area (Å²) in [4.78, 5) is 34.6. The number of aliphatic imine (C=N–C) groups is 1. The predicted octanol–water partition coefficient (Wildman–Crippen LogP) is 6.18. The molecule has 2 aromatic rings. The summed E-state index contributed by atoms with van der Waals surface area (Å²) in [5, 5.41) is 11.1. The number of alkyl halides is 3. The van der Waals surface area contributed by atoms with Crippen molar-refractivity contribution in [3.63, 3.8) is 0 Å². The molecular weight excluding hydrogens is 664 g/mol. The van der Waals surface area contributed by atoms with Crippen molar-refractivity contribution in [2.75, 3.05) is 13.2 Å². The first-order valence-corrected chi connectivity index (χ1v) is 14.7. The highest BCUT2D eigenvalue weighted by molar-refractivity contribution is 9.10. The monoisotopic (exact) mass is 692 g/mol. The maximum Gasteiger partial charge on any atom is 0.433 e. The molecule has 1 amide bonds. The molecule has 3 rings (SSSR count). The van der Waals surface area contributed by atoms with Gasteiger partial charge in [0.25, 0.3) is 5.91 Å². The van der Waals surface area contributed by atoms with E-state index in [0.29, 0.717) is 29.1 Å². The molecule has 0 saturated heterocycles. The summed E-state index contributed by atoms with van der Waals surface area (Å²) in [5.41, 5.74) is 3.97. The lowest BCUT2D eigenvalue weighted by atomic mass is 9.86. The second kappa shape index (κ2) is 15.2. The highest BCUT2D eigenvalue weighted by Crippen LogP contribution is 2.33. The van der Waals surface area contributed by atoms with E-state index in [1.165, 1.54) is 12.4 Å². The highest BCUT2D eigenvalue weighted by Gasteiger charge is 2.43. The molecule has 228 valence electrons. The second-order valence-corrected chi connectivity index (χ2v) is 11.3. The molecule has 0 radical (unpaired) electrons. The minimum atomic E-state index is -5.02. The van der Waals surface area contributed by atoms with Crippen molar-refractivity contribution in [3.05, 3.63) is 74.1 Å². The Kier molecular flexibility index (Phi) is 12.2. The van der Waals surface area contributed by atoms with Gasteiger partial charge in [0.1, 0.15) is 0 Å². The van der Waals surface area contributed by atoms with Crippen LogP contribution in [0.15, 0.2) is 57.9 Å². The number of hydrogen-bond donors (Lipinski definition) is 2. The minimum absolute atomic E-state index is 0.0221. The van der Waals surface area contributed by atoms with E-state index in [9.17, 15) is 27.9 Å². The first kappa shape index (κ1) is 33.8. The van der Waals surface area contributed by atoms with Crippen molar-refractivity contribution < 1.29 is 32.6 Å². The number of nitrogens with zero attached hydrogens (tertiary/aromatic N) is 3. The number of benzene rings is 1. The number of carbonyl (C=O) groups is 2. The van der Waals surface area contributed by atoms with Gasteiger partial charge in [-0.1, -0.05) is 57.3 Å². The number of aromatic nitrogens is 1. The summed E-state index contributed by atoms with van der Waals surface area (Å²) >= 11 is 15.8. The number of carbonyl (C=O) groups excluding carboxylic acids is 2. The number of aliphatic hydroxyl groups is 1. The van der Waals surface area contributed by atoms with Crippen LogP contribution in [0.25, 0.3) is 0 Å². The SMILES string of the molecule is CCOC(=O)C1CCC(N=C(C(=CN)C(=O)N(Cc2ccccc2Br)CC(O)c2c(Cl)cncc2Cl)C(F)(F)F)CC1. The summed E-state index contributed by atoms with van der Waals surface area (Å²) in [6.07, 6.45) is -2.39. The molecule has 0 aliphatic heterocycles. The van der Waals surface area contributed by atoms with E-state index in [2.05, 4.69) is 25.9 Å². The summed E-state index contributed by atoms with van der Waals surface area (Å²) in [5.74, 6) is -1.90. The number of aliphatic hydroxyl groups excluding tert-OH is 1. The lowest BCUT2D eigenvalue weighted by Crippen LogP contribution is -2.41. The number of hydrogen-bond acceptors (Lipinski definition) is 7. The van der Waals surface area contributed by atoms with E-state index in [4.69, 9.17) is 33.7 Å². The van der Waals surface area contributed by atoms with Crippen molar-refractivity contribution in [3.8, 4) is 0 Å². The highest BCUT2D eigenvalue weighted by atomic mass is 79.9. The molecule has 8 nitrogen and oxygen atoms in total. The van der Waals surface area contributed by atoms with Gasteiger partial charge < -0.3 is 20.5 Å². The Bertz CT molecular complexity index is 1310. The molecule has 1 heterocycles. The van der Waals surface area contributed by atoms with E-state index in [0.717, 1.165) is 4.90 Å². The van der Waals surface area contributed by atoms with Gasteiger partial charge in [-0.25, -0.2) is 0 Å². The van der Waals surface area contributed by atoms with Gasteiger partial charge in [-0.3, -0.25) is 19.6 Å². The van der Waals surface area contributed by atoms with E-state index in [1.807, 2.05) is 0 Å². The molecule has 14 heteroatoms. The first-order chi connectivity index (χ1) is 19.9. The lowest BCUT2D eigenvalue weighted by molar-refractivity contribution is -0.149. The smallest absolute Gasteiger partial charge is 0.433 e. The van der Waals surface area contributed by atoms with Crippen LogP contribution in [0.2, 0.25) is 10.0 Å². The second-order valence-electron chi connectivity index (χ2n) is 9.62. The molecule has 1 aliphatic rings. The predicted molar refractivity (Wildman–Crippen MR) is 157 cm³/mol. The first-order valence-electron chi connectivity index (χ1n) is 13.1. The quantitative estimate of drug-likeness (QED) is 0.174. The molecule has 1 fully saturated rings. The molecule has 1 unspecified atom stereocenters. The topological polar surface area (TPSA) is 118 Å². The Hall–Kier alpha value is -2.67.